The molecule has 0 unspecified atom stereocenters. The van der Waals surface area contributed by atoms with Crippen LogP contribution in [0.25, 0.3) is 0 Å². The number of amides is 2. The predicted molar refractivity (Wildman–Crippen MR) is 99.8 cm³/mol. The molecule has 0 saturated carbocycles. The van der Waals surface area contributed by atoms with Crippen molar-refractivity contribution in [1.29, 1.82) is 0 Å². The first kappa shape index (κ1) is 18.7. The summed E-state index contributed by atoms with van der Waals surface area (Å²) in [7, 11) is 2.06. The van der Waals surface area contributed by atoms with Crippen LogP contribution < -0.4 is 0 Å². The average molecular weight is 359 g/mol. The Morgan fingerprint density at radius 1 is 1.04 bits per heavy atom. The van der Waals surface area contributed by atoms with E-state index in [0.29, 0.717) is 26.1 Å². The van der Waals surface area contributed by atoms with Gasteiger partial charge < -0.3 is 14.5 Å². The number of rotatable bonds is 1. The molecule has 0 aromatic heterocycles. The largest absolute Gasteiger partial charge is 0.444 e. The van der Waals surface area contributed by atoms with Gasteiger partial charge in [0.1, 0.15) is 11.6 Å². The summed E-state index contributed by atoms with van der Waals surface area (Å²) in [6.45, 7) is 9.09. The van der Waals surface area contributed by atoms with Gasteiger partial charge in [-0.3, -0.25) is 9.69 Å². The summed E-state index contributed by atoms with van der Waals surface area (Å²) in [5.74, 6) is 0.0264. The molecule has 3 rings (SSSR count). The summed E-state index contributed by atoms with van der Waals surface area (Å²) in [6, 6.07) is 7.52. The Morgan fingerprint density at radius 3 is 2.27 bits per heavy atom. The highest BCUT2D eigenvalue weighted by molar-refractivity contribution is 5.86. The van der Waals surface area contributed by atoms with Crippen molar-refractivity contribution >= 4 is 12.0 Å². The van der Waals surface area contributed by atoms with Crippen molar-refractivity contribution in [3.05, 3.63) is 35.4 Å². The molecule has 0 spiro atoms. The Kier molecular flexibility index (Phi) is 5.23. The zero-order chi connectivity index (χ0) is 18.9. The standard InChI is InChI=1S/C20H29N3O3/c1-20(2,3)26-19(25)23-14-16-8-6-5-7-15(16)13-17(23)18(24)22-11-9-21(4)10-12-22/h5-8,17H,9-14H2,1-4H3/t17-/m0/s1. The van der Waals surface area contributed by atoms with Crippen LogP contribution in [-0.2, 0) is 22.5 Å². The summed E-state index contributed by atoms with van der Waals surface area (Å²) in [5.41, 5.74) is 1.63. The predicted octanol–water partition coefficient (Wildman–Crippen LogP) is 2.12. The second-order valence-corrected chi connectivity index (χ2v) is 8.23. The Bertz CT molecular complexity index is 675. The molecule has 26 heavy (non-hydrogen) atoms. The molecule has 1 saturated heterocycles. The molecule has 1 aromatic carbocycles. The third-order valence-corrected chi connectivity index (χ3v) is 4.98. The molecule has 0 N–H and O–H groups in total. The van der Waals surface area contributed by atoms with E-state index in [4.69, 9.17) is 4.74 Å². The average Bonchev–Trinajstić information content (AvgIpc) is 2.59. The quantitative estimate of drug-likeness (QED) is 0.771. The smallest absolute Gasteiger partial charge is 0.411 e. The molecule has 1 aromatic rings. The second-order valence-electron chi connectivity index (χ2n) is 8.23. The fraction of sp³-hybridized carbons (Fsp3) is 0.600. The van der Waals surface area contributed by atoms with Gasteiger partial charge in [-0.1, -0.05) is 24.3 Å². The maximum atomic E-state index is 13.2. The van der Waals surface area contributed by atoms with Crippen molar-refractivity contribution in [1.82, 2.24) is 14.7 Å². The van der Waals surface area contributed by atoms with Gasteiger partial charge >= 0.3 is 6.09 Å². The highest BCUT2D eigenvalue weighted by atomic mass is 16.6. The van der Waals surface area contributed by atoms with Gasteiger partial charge in [0.05, 0.1) is 6.54 Å². The molecular weight excluding hydrogens is 330 g/mol. The van der Waals surface area contributed by atoms with Crippen molar-refractivity contribution in [2.24, 2.45) is 0 Å². The van der Waals surface area contributed by atoms with Crippen LogP contribution in [0.4, 0.5) is 4.79 Å². The topological polar surface area (TPSA) is 53.1 Å². The molecule has 6 heteroatoms. The minimum Gasteiger partial charge on any atom is -0.444 e. The lowest BCUT2D eigenvalue weighted by Gasteiger charge is -2.41. The van der Waals surface area contributed by atoms with Gasteiger partial charge in [0.2, 0.25) is 5.91 Å². The van der Waals surface area contributed by atoms with E-state index in [2.05, 4.69) is 11.9 Å². The number of piperazine rings is 1. The van der Waals surface area contributed by atoms with Crippen molar-refractivity contribution in [2.75, 3.05) is 33.2 Å². The van der Waals surface area contributed by atoms with Gasteiger partial charge in [-0.05, 0) is 38.9 Å². The first-order chi connectivity index (χ1) is 12.2. The SMILES string of the molecule is CN1CCN(C(=O)[C@@H]2Cc3ccccc3CN2C(=O)OC(C)(C)C)CC1. The molecule has 2 heterocycles. The van der Waals surface area contributed by atoms with Gasteiger partial charge in [0.25, 0.3) is 0 Å². The molecule has 2 amide bonds. The van der Waals surface area contributed by atoms with Crippen LogP contribution >= 0.6 is 0 Å². The monoisotopic (exact) mass is 359 g/mol. The van der Waals surface area contributed by atoms with Crippen molar-refractivity contribution in [3.63, 3.8) is 0 Å². The third kappa shape index (κ3) is 4.18. The molecule has 2 aliphatic rings. The molecule has 1 fully saturated rings. The Morgan fingerprint density at radius 2 is 1.65 bits per heavy atom. The lowest BCUT2D eigenvalue weighted by Crippen LogP contribution is -2.57. The maximum absolute atomic E-state index is 13.2. The van der Waals surface area contributed by atoms with Crippen LogP contribution in [0, 0.1) is 0 Å². The van der Waals surface area contributed by atoms with Gasteiger partial charge in [0, 0.05) is 32.6 Å². The summed E-state index contributed by atoms with van der Waals surface area (Å²) >= 11 is 0. The zero-order valence-corrected chi connectivity index (χ0v) is 16.2. The minimum absolute atomic E-state index is 0.0264. The number of nitrogens with zero attached hydrogens (tertiary/aromatic N) is 3. The number of carbonyl (C=O) groups excluding carboxylic acids is 2. The maximum Gasteiger partial charge on any atom is 0.411 e. The molecule has 6 nitrogen and oxygen atoms in total. The van der Waals surface area contributed by atoms with E-state index in [-0.39, 0.29) is 5.91 Å². The Labute approximate surface area is 155 Å². The molecule has 0 radical (unpaired) electrons. The number of likely N-dealkylation sites (N-methyl/N-ethyl adjacent to an activating group) is 1. The second kappa shape index (κ2) is 7.27. The number of hydrogen-bond acceptors (Lipinski definition) is 4. The number of benzene rings is 1. The van der Waals surface area contributed by atoms with Crippen molar-refractivity contribution < 1.29 is 14.3 Å². The summed E-state index contributed by atoms with van der Waals surface area (Å²) in [5, 5.41) is 0. The van der Waals surface area contributed by atoms with Crippen LogP contribution in [-0.4, -0.2) is 71.6 Å². The highest BCUT2D eigenvalue weighted by Gasteiger charge is 2.39. The van der Waals surface area contributed by atoms with E-state index < -0.39 is 17.7 Å². The van der Waals surface area contributed by atoms with E-state index >= 15 is 0 Å². The molecule has 0 aliphatic carbocycles. The molecule has 0 bridgehead atoms. The van der Waals surface area contributed by atoms with E-state index in [1.165, 1.54) is 0 Å². The van der Waals surface area contributed by atoms with E-state index in [1.807, 2.05) is 49.9 Å². The lowest BCUT2D eigenvalue weighted by atomic mass is 9.93. The third-order valence-electron chi connectivity index (χ3n) is 4.98. The van der Waals surface area contributed by atoms with Gasteiger partial charge in [-0.15, -0.1) is 0 Å². The number of ether oxygens (including phenoxy) is 1. The number of carbonyl (C=O) groups is 2. The Balaban J connectivity index is 1.83. The van der Waals surface area contributed by atoms with Crippen molar-refractivity contribution in [3.8, 4) is 0 Å². The van der Waals surface area contributed by atoms with Gasteiger partial charge in [-0.25, -0.2) is 4.79 Å². The van der Waals surface area contributed by atoms with E-state index in [9.17, 15) is 9.59 Å². The number of hydrogen-bond donors (Lipinski definition) is 0. The van der Waals surface area contributed by atoms with Crippen molar-refractivity contribution in [2.45, 2.75) is 45.4 Å². The zero-order valence-electron chi connectivity index (χ0n) is 16.2. The van der Waals surface area contributed by atoms with Crippen LogP contribution in [0.2, 0.25) is 0 Å². The van der Waals surface area contributed by atoms with E-state index in [1.54, 1.807) is 4.90 Å². The van der Waals surface area contributed by atoms with Crippen LogP contribution in [0.5, 0.6) is 0 Å². The fourth-order valence-electron chi connectivity index (χ4n) is 3.49. The van der Waals surface area contributed by atoms with E-state index in [0.717, 1.165) is 24.2 Å². The van der Waals surface area contributed by atoms with Gasteiger partial charge in [-0.2, -0.15) is 0 Å². The summed E-state index contributed by atoms with van der Waals surface area (Å²) < 4.78 is 5.59. The highest BCUT2D eigenvalue weighted by Crippen LogP contribution is 2.26. The van der Waals surface area contributed by atoms with Crippen LogP contribution in [0.1, 0.15) is 31.9 Å². The lowest BCUT2D eigenvalue weighted by molar-refractivity contribution is -0.139. The first-order valence-electron chi connectivity index (χ1n) is 9.28. The van der Waals surface area contributed by atoms with Crippen LogP contribution in [0.3, 0.4) is 0 Å². The minimum atomic E-state index is -0.588. The normalized spacial score (nSPS) is 21.3. The summed E-state index contributed by atoms with van der Waals surface area (Å²) in [6.07, 6.45) is 0.125. The summed E-state index contributed by atoms with van der Waals surface area (Å²) in [4.78, 5) is 31.7. The fourth-order valence-corrected chi connectivity index (χ4v) is 3.49. The molecular formula is C20H29N3O3. The van der Waals surface area contributed by atoms with Gasteiger partial charge in [0.15, 0.2) is 0 Å². The molecule has 142 valence electrons. The van der Waals surface area contributed by atoms with Crippen LogP contribution in [0.15, 0.2) is 24.3 Å². The number of fused-ring (bicyclic) bond motifs is 1. The molecule has 1 atom stereocenters. The Hall–Kier alpha value is -2.08. The molecule has 2 aliphatic heterocycles. The first-order valence-corrected chi connectivity index (χ1v) is 9.28.